The topological polar surface area (TPSA) is 121 Å². The molecule has 1 N–H and O–H groups in total. The van der Waals surface area contributed by atoms with Crippen molar-refractivity contribution in [2.75, 3.05) is 13.1 Å². The normalized spacial score (nSPS) is 23.2. The van der Waals surface area contributed by atoms with Gasteiger partial charge in [-0.3, -0.25) is 4.68 Å². The molecule has 144 valence electrons. The molecule has 1 atom stereocenters. The van der Waals surface area contributed by atoms with E-state index in [2.05, 4.69) is 26.1 Å². The standard InChI is InChI=1S/C18H19N7O2S/c19-6-4-18(5-8-24(11-18)28(26,27)14-1-2-14)25-10-13(9-23-25)16-15-3-7-20-17(15)22-12-21-16/h3,7,9-10,12,14H,1-2,4-5,8,11H2,(H,20,21,22). The summed E-state index contributed by atoms with van der Waals surface area (Å²) in [6.45, 7) is 0.703. The predicted molar refractivity (Wildman–Crippen MR) is 101 cm³/mol. The monoisotopic (exact) mass is 397 g/mol. The summed E-state index contributed by atoms with van der Waals surface area (Å²) in [7, 11) is -3.27. The van der Waals surface area contributed by atoms with Crippen LogP contribution in [0, 0.1) is 11.3 Å². The third-order valence-corrected chi connectivity index (χ3v) is 8.05. The lowest BCUT2D eigenvalue weighted by Crippen LogP contribution is -2.40. The number of nitrogens with one attached hydrogen (secondary N) is 1. The maximum absolute atomic E-state index is 12.7. The van der Waals surface area contributed by atoms with Gasteiger partial charge < -0.3 is 4.98 Å². The van der Waals surface area contributed by atoms with Gasteiger partial charge in [-0.25, -0.2) is 18.4 Å². The van der Waals surface area contributed by atoms with Gasteiger partial charge in [0.25, 0.3) is 0 Å². The molecule has 1 unspecified atom stereocenters. The first kappa shape index (κ1) is 17.3. The van der Waals surface area contributed by atoms with Gasteiger partial charge in [0, 0.05) is 36.4 Å². The van der Waals surface area contributed by atoms with Gasteiger partial charge in [0.2, 0.25) is 10.0 Å². The summed E-state index contributed by atoms with van der Waals surface area (Å²) in [4.78, 5) is 11.7. The van der Waals surface area contributed by atoms with E-state index in [9.17, 15) is 13.7 Å². The Kier molecular flexibility index (Phi) is 3.79. The molecule has 1 aliphatic carbocycles. The van der Waals surface area contributed by atoms with E-state index in [0.717, 1.165) is 35.1 Å². The third kappa shape index (κ3) is 2.62. The number of aromatic nitrogens is 5. The van der Waals surface area contributed by atoms with E-state index in [-0.39, 0.29) is 18.2 Å². The Bertz CT molecular complexity index is 1190. The molecule has 3 aromatic heterocycles. The molecular formula is C18H19N7O2S. The number of nitrogens with zero attached hydrogens (tertiary/aromatic N) is 6. The Morgan fingerprint density at radius 2 is 2.21 bits per heavy atom. The molecule has 0 spiro atoms. The molecule has 1 saturated carbocycles. The average Bonchev–Trinajstić information content (AvgIpc) is 3.11. The fraction of sp³-hybridized carbons (Fsp3) is 0.444. The number of rotatable bonds is 5. The smallest absolute Gasteiger partial charge is 0.217 e. The highest BCUT2D eigenvalue weighted by molar-refractivity contribution is 7.90. The van der Waals surface area contributed by atoms with E-state index in [1.165, 1.54) is 6.33 Å². The highest BCUT2D eigenvalue weighted by Gasteiger charge is 2.49. The Balaban J connectivity index is 1.51. The molecule has 2 aliphatic rings. The van der Waals surface area contributed by atoms with Crippen molar-refractivity contribution in [3.8, 4) is 17.3 Å². The minimum atomic E-state index is -3.27. The Morgan fingerprint density at radius 3 is 3.00 bits per heavy atom. The van der Waals surface area contributed by atoms with Crippen LogP contribution in [0.1, 0.15) is 25.7 Å². The zero-order chi connectivity index (χ0) is 19.4. The number of sulfonamides is 1. The van der Waals surface area contributed by atoms with Crippen molar-refractivity contribution in [3.63, 3.8) is 0 Å². The lowest BCUT2D eigenvalue weighted by molar-refractivity contribution is 0.275. The van der Waals surface area contributed by atoms with Crippen LogP contribution in [0.3, 0.4) is 0 Å². The van der Waals surface area contributed by atoms with E-state index in [1.54, 1.807) is 15.2 Å². The Labute approximate surface area is 162 Å². The highest BCUT2D eigenvalue weighted by Crippen LogP contribution is 2.39. The van der Waals surface area contributed by atoms with Gasteiger partial charge in [0.1, 0.15) is 12.0 Å². The SMILES string of the molecule is N#CCC1(n2cc(-c3ncnc4[nH]ccc34)cn2)CCN(S(=O)(=O)C2CC2)C1. The van der Waals surface area contributed by atoms with E-state index in [1.807, 2.05) is 18.5 Å². The van der Waals surface area contributed by atoms with Crippen LogP contribution >= 0.6 is 0 Å². The second-order valence-electron chi connectivity index (χ2n) is 7.52. The molecule has 3 aromatic rings. The maximum Gasteiger partial charge on any atom is 0.217 e. The Hall–Kier alpha value is -2.77. The number of nitriles is 1. The molecule has 10 heteroatoms. The van der Waals surface area contributed by atoms with Crippen molar-refractivity contribution in [3.05, 3.63) is 31.0 Å². The van der Waals surface area contributed by atoms with Crippen LogP contribution in [0.5, 0.6) is 0 Å². The lowest BCUT2D eigenvalue weighted by atomic mass is 9.95. The van der Waals surface area contributed by atoms with Crippen molar-refractivity contribution in [2.45, 2.75) is 36.5 Å². The van der Waals surface area contributed by atoms with Gasteiger partial charge in [0.05, 0.1) is 35.2 Å². The molecule has 1 saturated heterocycles. The molecule has 9 nitrogen and oxygen atoms in total. The molecule has 0 radical (unpaired) electrons. The first-order valence-electron chi connectivity index (χ1n) is 9.23. The van der Waals surface area contributed by atoms with Crippen molar-refractivity contribution in [2.24, 2.45) is 0 Å². The van der Waals surface area contributed by atoms with E-state index in [4.69, 9.17) is 0 Å². The van der Waals surface area contributed by atoms with Gasteiger partial charge in [-0.15, -0.1) is 0 Å². The molecule has 0 aromatic carbocycles. The van der Waals surface area contributed by atoms with Crippen molar-refractivity contribution in [1.82, 2.24) is 29.0 Å². The number of hydrogen-bond donors (Lipinski definition) is 1. The minimum absolute atomic E-state index is 0.203. The lowest BCUT2D eigenvalue weighted by Gasteiger charge is -2.27. The molecule has 2 fully saturated rings. The van der Waals surface area contributed by atoms with Gasteiger partial charge in [0.15, 0.2) is 0 Å². The predicted octanol–water partition coefficient (Wildman–Crippen LogP) is 1.63. The molecular weight excluding hydrogens is 378 g/mol. The molecule has 0 bridgehead atoms. The van der Waals surface area contributed by atoms with Crippen LogP contribution in [0.4, 0.5) is 0 Å². The highest BCUT2D eigenvalue weighted by atomic mass is 32.2. The van der Waals surface area contributed by atoms with Crippen LogP contribution in [0.25, 0.3) is 22.3 Å². The number of fused-ring (bicyclic) bond motifs is 1. The minimum Gasteiger partial charge on any atom is -0.346 e. The van der Waals surface area contributed by atoms with Gasteiger partial charge in [-0.05, 0) is 25.3 Å². The van der Waals surface area contributed by atoms with Crippen molar-refractivity contribution in [1.29, 1.82) is 5.26 Å². The number of aromatic amines is 1. The van der Waals surface area contributed by atoms with Crippen LogP contribution < -0.4 is 0 Å². The third-order valence-electron chi connectivity index (χ3n) is 5.71. The van der Waals surface area contributed by atoms with E-state index in [0.29, 0.717) is 13.0 Å². The summed E-state index contributed by atoms with van der Waals surface area (Å²) >= 11 is 0. The summed E-state index contributed by atoms with van der Waals surface area (Å²) in [5.41, 5.74) is 1.66. The summed E-state index contributed by atoms with van der Waals surface area (Å²) in [5.74, 6) is 0. The van der Waals surface area contributed by atoms with Crippen LogP contribution in [-0.2, 0) is 15.6 Å². The second-order valence-corrected chi connectivity index (χ2v) is 9.74. The molecule has 0 amide bonds. The zero-order valence-electron chi connectivity index (χ0n) is 15.1. The van der Waals surface area contributed by atoms with Crippen LogP contribution in [-0.4, -0.2) is 55.8 Å². The van der Waals surface area contributed by atoms with Crippen molar-refractivity contribution < 1.29 is 8.42 Å². The molecule has 28 heavy (non-hydrogen) atoms. The first-order valence-corrected chi connectivity index (χ1v) is 10.7. The van der Waals surface area contributed by atoms with Gasteiger partial charge >= 0.3 is 0 Å². The van der Waals surface area contributed by atoms with Crippen LogP contribution in [0.15, 0.2) is 31.0 Å². The number of hydrogen-bond acceptors (Lipinski definition) is 6. The summed E-state index contributed by atoms with van der Waals surface area (Å²) in [6, 6.07) is 4.14. The van der Waals surface area contributed by atoms with Crippen molar-refractivity contribution >= 4 is 21.1 Å². The largest absolute Gasteiger partial charge is 0.346 e. The fourth-order valence-electron chi connectivity index (χ4n) is 3.98. The Morgan fingerprint density at radius 1 is 1.36 bits per heavy atom. The summed E-state index contributed by atoms with van der Waals surface area (Å²) in [5, 5.41) is 14.6. The maximum atomic E-state index is 12.7. The van der Waals surface area contributed by atoms with Crippen LogP contribution in [0.2, 0.25) is 0 Å². The van der Waals surface area contributed by atoms with Gasteiger partial charge in [-0.2, -0.15) is 14.7 Å². The summed E-state index contributed by atoms with van der Waals surface area (Å²) < 4.78 is 28.6. The van der Waals surface area contributed by atoms with E-state index < -0.39 is 15.6 Å². The zero-order valence-corrected chi connectivity index (χ0v) is 15.9. The van der Waals surface area contributed by atoms with E-state index >= 15 is 0 Å². The first-order chi connectivity index (χ1) is 13.5. The summed E-state index contributed by atoms with van der Waals surface area (Å²) in [6.07, 6.45) is 9.11. The molecule has 5 rings (SSSR count). The molecule has 1 aliphatic heterocycles. The number of H-pyrrole nitrogens is 1. The molecule has 4 heterocycles. The second kappa shape index (κ2) is 6.12. The quantitative estimate of drug-likeness (QED) is 0.698. The average molecular weight is 397 g/mol. The van der Waals surface area contributed by atoms with Gasteiger partial charge in [-0.1, -0.05) is 0 Å². The fourth-order valence-corrected chi connectivity index (χ4v) is 5.90.